The number of thiophene rings is 1. The van der Waals surface area contributed by atoms with Gasteiger partial charge in [0.15, 0.2) is 0 Å². The highest BCUT2D eigenvalue weighted by Crippen LogP contribution is 2.24. The first-order valence-electron chi connectivity index (χ1n) is 8.44. The lowest BCUT2D eigenvalue weighted by Gasteiger charge is -2.12. The van der Waals surface area contributed by atoms with Crippen LogP contribution in [0.4, 0.5) is 11.4 Å². The molecule has 4 rings (SSSR count). The first-order chi connectivity index (χ1) is 12.9. The Morgan fingerprint density at radius 2 is 1.93 bits per heavy atom. The molecule has 0 bridgehead atoms. The molecule has 1 N–H and O–H groups in total. The van der Waals surface area contributed by atoms with E-state index in [4.69, 9.17) is 0 Å². The van der Waals surface area contributed by atoms with Gasteiger partial charge in [-0.1, -0.05) is 6.07 Å². The van der Waals surface area contributed by atoms with E-state index < -0.39 is 0 Å². The van der Waals surface area contributed by atoms with Crippen LogP contribution in [0.3, 0.4) is 0 Å². The number of amides is 1. The van der Waals surface area contributed by atoms with Gasteiger partial charge in [-0.25, -0.2) is 4.98 Å². The normalized spacial score (nSPS) is 11.1. The van der Waals surface area contributed by atoms with Crippen LogP contribution in [0.25, 0.3) is 15.9 Å². The Morgan fingerprint density at radius 3 is 2.63 bits per heavy atom. The van der Waals surface area contributed by atoms with Crippen molar-refractivity contribution in [3.8, 4) is 0 Å². The first-order valence-corrected chi connectivity index (χ1v) is 9.26. The van der Waals surface area contributed by atoms with Gasteiger partial charge < -0.3 is 10.2 Å². The highest BCUT2D eigenvalue weighted by atomic mass is 32.1. The Kier molecular flexibility index (Phi) is 4.16. The van der Waals surface area contributed by atoms with Gasteiger partial charge in [0.1, 0.15) is 10.5 Å². The van der Waals surface area contributed by atoms with Gasteiger partial charge in [-0.05, 0) is 48.9 Å². The second-order valence-corrected chi connectivity index (χ2v) is 7.56. The van der Waals surface area contributed by atoms with Crippen LogP contribution in [0.2, 0.25) is 0 Å². The fourth-order valence-corrected chi connectivity index (χ4v) is 3.82. The number of nitrogens with zero attached hydrogens (tertiary/aromatic N) is 3. The number of benzene rings is 1. The van der Waals surface area contributed by atoms with Crippen LogP contribution in [0.15, 0.2) is 53.5 Å². The average Bonchev–Trinajstić information content (AvgIpc) is 3.08. The summed E-state index contributed by atoms with van der Waals surface area (Å²) in [5.74, 6) is -0.249. The molecule has 0 aliphatic carbocycles. The predicted molar refractivity (Wildman–Crippen MR) is 110 cm³/mol. The van der Waals surface area contributed by atoms with Crippen molar-refractivity contribution >= 4 is 44.5 Å². The molecule has 3 aromatic heterocycles. The fraction of sp³-hybridized carbons (Fsp3) is 0.150. The highest BCUT2D eigenvalue weighted by Gasteiger charge is 2.15. The number of nitrogens with one attached hydrogen (secondary N) is 1. The Bertz CT molecular complexity index is 1220. The molecule has 0 radical (unpaired) electrons. The molecule has 0 unspecified atom stereocenters. The smallest absolute Gasteiger partial charge is 0.266 e. The molecule has 7 heteroatoms. The molecule has 0 aliphatic rings. The molecule has 1 aromatic carbocycles. The second-order valence-electron chi connectivity index (χ2n) is 6.53. The predicted octanol–water partition coefficient (Wildman–Crippen LogP) is 3.54. The van der Waals surface area contributed by atoms with E-state index in [-0.39, 0.29) is 11.5 Å². The zero-order valence-electron chi connectivity index (χ0n) is 15.2. The monoisotopic (exact) mass is 378 g/mol. The third-order valence-corrected chi connectivity index (χ3v) is 5.42. The minimum Gasteiger partial charge on any atom is -0.378 e. The van der Waals surface area contributed by atoms with Crippen LogP contribution >= 0.6 is 11.3 Å². The van der Waals surface area contributed by atoms with Crippen LogP contribution < -0.4 is 15.8 Å². The molecule has 27 heavy (non-hydrogen) atoms. The number of aryl methyl sites for hydroxylation is 1. The number of pyridine rings is 1. The van der Waals surface area contributed by atoms with E-state index in [1.54, 1.807) is 12.3 Å². The van der Waals surface area contributed by atoms with E-state index in [1.165, 1.54) is 15.7 Å². The minimum atomic E-state index is -0.249. The molecule has 0 spiro atoms. The molecule has 3 heterocycles. The third kappa shape index (κ3) is 3.06. The van der Waals surface area contributed by atoms with Crippen molar-refractivity contribution in [3.63, 3.8) is 0 Å². The van der Waals surface area contributed by atoms with Crippen LogP contribution in [-0.4, -0.2) is 29.4 Å². The van der Waals surface area contributed by atoms with Gasteiger partial charge in [0.2, 0.25) is 0 Å². The summed E-state index contributed by atoms with van der Waals surface area (Å²) in [5.41, 5.74) is 3.12. The van der Waals surface area contributed by atoms with Crippen LogP contribution in [0.5, 0.6) is 0 Å². The lowest BCUT2D eigenvalue weighted by molar-refractivity contribution is 0.103. The van der Waals surface area contributed by atoms with Crippen LogP contribution in [0, 0.1) is 6.92 Å². The Hall–Kier alpha value is -3.19. The molecule has 0 atom stereocenters. The standard InChI is InChI=1S/C20H18N4O2S/c1-12-5-4-10-24-17(12)22-19-15(20(24)26)11-16(27-19)18(25)21-13-6-8-14(9-7-13)23(2)3/h4-11H,1-3H3,(H,21,25). The summed E-state index contributed by atoms with van der Waals surface area (Å²) in [7, 11) is 3.92. The Labute approximate surface area is 159 Å². The van der Waals surface area contributed by atoms with Gasteiger partial charge in [0, 0.05) is 31.7 Å². The molecule has 0 aliphatic heterocycles. The summed E-state index contributed by atoms with van der Waals surface area (Å²) in [4.78, 5) is 32.9. The topological polar surface area (TPSA) is 66.7 Å². The maximum Gasteiger partial charge on any atom is 0.266 e. The van der Waals surface area contributed by atoms with Crippen LogP contribution in [-0.2, 0) is 0 Å². The van der Waals surface area contributed by atoms with Crippen molar-refractivity contribution in [3.05, 3.63) is 69.5 Å². The maximum absolute atomic E-state index is 12.7. The lowest BCUT2D eigenvalue weighted by Crippen LogP contribution is -2.14. The quantitative estimate of drug-likeness (QED) is 0.592. The number of hydrogen-bond acceptors (Lipinski definition) is 5. The zero-order chi connectivity index (χ0) is 19.1. The van der Waals surface area contributed by atoms with E-state index in [2.05, 4.69) is 10.3 Å². The van der Waals surface area contributed by atoms with Crippen molar-refractivity contribution in [1.29, 1.82) is 0 Å². The molecule has 0 fully saturated rings. The van der Waals surface area contributed by atoms with Gasteiger partial charge in [-0.3, -0.25) is 14.0 Å². The van der Waals surface area contributed by atoms with E-state index in [0.29, 0.717) is 26.4 Å². The van der Waals surface area contributed by atoms with E-state index in [1.807, 2.05) is 62.3 Å². The first kappa shape index (κ1) is 17.2. The third-order valence-electron chi connectivity index (χ3n) is 4.40. The zero-order valence-corrected chi connectivity index (χ0v) is 16.0. The summed E-state index contributed by atoms with van der Waals surface area (Å²) >= 11 is 1.23. The molecule has 0 saturated heterocycles. The van der Waals surface area contributed by atoms with Gasteiger partial charge in [-0.15, -0.1) is 11.3 Å². The lowest BCUT2D eigenvalue weighted by atomic mass is 10.2. The van der Waals surface area contributed by atoms with Gasteiger partial charge in [0.25, 0.3) is 11.5 Å². The number of carbonyl (C=O) groups is 1. The summed E-state index contributed by atoms with van der Waals surface area (Å²) in [6, 6.07) is 12.9. The SMILES string of the molecule is Cc1cccn2c(=O)c3cc(C(=O)Nc4ccc(N(C)C)cc4)sc3nc12. The summed E-state index contributed by atoms with van der Waals surface area (Å²) in [6.07, 6.45) is 1.70. The largest absolute Gasteiger partial charge is 0.378 e. The molecule has 136 valence electrons. The van der Waals surface area contributed by atoms with Gasteiger partial charge in [-0.2, -0.15) is 0 Å². The molecule has 1 amide bonds. The average molecular weight is 378 g/mol. The molecule has 0 saturated carbocycles. The van der Waals surface area contributed by atoms with E-state index in [0.717, 1.165) is 11.3 Å². The van der Waals surface area contributed by atoms with Crippen molar-refractivity contribution in [1.82, 2.24) is 9.38 Å². The van der Waals surface area contributed by atoms with Gasteiger partial charge >= 0.3 is 0 Å². The number of fused-ring (bicyclic) bond motifs is 2. The number of aromatic nitrogens is 2. The summed E-state index contributed by atoms with van der Waals surface area (Å²) in [5, 5.41) is 3.33. The summed E-state index contributed by atoms with van der Waals surface area (Å²) in [6.45, 7) is 1.91. The van der Waals surface area contributed by atoms with Crippen molar-refractivity contribution < 1.29 is 4.79 Å². The van der Waals surface area contributed by atoms with Crippen LogP contribution in [0.1, 0.15) is 15.2 Å². The molecular weight excluding hydrogens is 360 g/mol. The molecular formula is C20H18N4O2S. The second kappa shape index (κ2) is 6.51. The number of hydrogen-bond donors (Lipinski definition) is 1. The van der Waals surface area contributed by atoms with Crippen molar-refractivity contribution in [2.45, 2.75) is 6.92 Å². The van der Waals surface area contributed by atoms with E-state index >= 15 is 0 Å². The minimum absolute atomic E-state index is 0.163. The highest BCUT2D eigenvalue weighted by molar-refractivity contribution is 7.20. The maximum atomic E-state index is 12.7. The number of carbonyl (C=O) groups excluding carboxylic acids is 1. The van der Waals surface area contributed by atoms with Crippen molar-refractivity contribution in [2.24, 2.45) is 0 Å². The van der Waals surface area contributed by atoms with E-state index in [9.17, 15) is 9.59 Å². The number of rotatable bonds is 3. The molecule has 6 nitrogen and oxygen atoms in total. The Morgan fingerprint density at radius 1 is 1.19 bits per heavy atom. The van der Waals surface area contributed by atoms with Gasteiger partial charge in [0.05, 0.1) is 10.3 Å². The van der Waals surface area contributed by atoms with Crippen molar-refractivity contribution in [2.75, 3.05) is 24.3 Å². The summed E-state index contributed by atoms with van der Waals surface area (Å²) < 4.78 is 1.52. The Balaban J connectivity index is 1.70. The fourth-order valence-electron chi connectivity index (χ4n) is 2.91. The number of anilines is 2. The molecule has 4 aromatic rings.